The van der Waals surface area contributed by atoms with Gasteiger partial charge in [0.05, 0.1) is 32.6 Å². The minimum atomic E-state index is -0.652. The van der Waals surface area contributed by atoms with Gasteiger partial charge in [0.15, 0.2) is 23.8 Å². The molecule has 1 amide bonds. The van der Waals surface area contributed by atoms with Gasteiger partial charge < -0.3 is 19.4 Å². The van der Waals surface area contributed by atoms with E-state index in [1.165, 1.54) is 6.21 Å². The summed E-state index contributed by atoms with van der Waals surface area (Å²) in [4.78, 5) is 19.8. The van der Waals surface area contributed by atoms with E-state index in [0.29, 0.717) is 42.2 Å². The lowest BCUT2D eigenvalue weighted by atomic mass is 10.2. The van der Waals surface area contributed by atoms with E-state index < -0.39 is 12.5 Å². The van der Waals surface area contributed by atoms with Crippen molar-refractivity contribution < 1.29 is 24.2 Å². The van der Waals surface area contributed by atoms with Gasteiger partial charge in [-0.1, -0.05) is 84.0 Å². The van der Waals surface area contributed by atoms with E-state index in [1.807, 2.05) is 60.7 Å². The van der Waals surface area contributed by atoms with Crippen LogP contribution in [0.25, 0.3) is 10.9 Å². The molecule has 0 saturated heterocycles. The fraction of sp³-hybridized carbons (Fsp3) is 0.176. The molecule has 0 atom stereocenters. The summed E-state index contributed by atoms with van der Waals surface area (Å²) in [5.41, 5.74) is 3.98. The van der Waals surface area contributed by atoms with Gasteiger partial charge in [-0.05, 0) is 35.4 Å². The third-order valence-corrected chi connectivity index (χ3v) is 6.89. The molecule has 0 radical (unpaired) electrons. The molecule has 4 aromatic carbocycles. The first kappa shape index (κ1) is 30.0. The summed E-state index contributed by atoms with van der Waals surface area (Å²) in [5, 5.41) is 23.8. The monoisotopic (exact) mass is 591 g/mol. The zero-order valence-corrected chi connectivity index (χ0v) is 24.5. The fourth-order valence-electron chi connectivity index (χ4n) is 4.81. The molecule has 5 rings (SSSR count). The molecule has 10 heteroatoms. The SMILES string of the molecule is COc1ccc(C=NOCC(=O)N=Nc2c(O)n(CN(Cc3ccccc3)Cc3ccccc3)c3ccccc23)cc1OC. The van der Waals surface area contributed by atoms with Gasteiger partial charge in [-0.3, -0.25) is 14.3 Å². The summed E-state index contributed by atoms with van der Waals surface area (Å²) < 4.78 is 12.3. The molecule has 0 aliphatic carbocycles. The Bertz CT molecular complexity index is 1710. The van der Waals surface area contributed by atoms with E-state index in [4.69, 9.17) is 14.3 Å². The van der Waals surface area contributed by atoms with Gasteiger partial charge in [-0.15, -0.1) is 10.2 Å². The number of benzene rings is 4. The van der Waals surface area contributed by atoms with Crippen LogP contribution in [0.2, 0.25) is 0 Å². The van der Waals surface area contributed by atoms with Crippen molar-refractivity contribution in [2.45, 2.75) is 19.8 Å². The number of fused-ring (bicyclic) bond motifs is 1. The van der Waals surface area contributed by atoms with Crippen molar-refractivity contribution in [3.8, 4) is 17.4 Å². The van der Waals surface area contributed by atoms with E-state index in [1.54, 1.807) is 37.0 Å². The van der Waals surface area contributed by atoms with Crippen LogP contribution >= 0.6 is 0 Å². The van der Waals surface area contributed by atoms with Gasteiger partial charge in [0.1, 0.15) is 0 Å². The number of aromatic hydroxyl groups is 1. The Balaban J connectivity index is 1.31. The number of hydrogen-bond donors (Lipinski definition) is 1. The van der Waals surface area contributed by atoms with Crippen molar-refractivity contribution in [3.63, 3.8) is 0 Å². The third kappa shape index (κ3) is 7.47. The number of hydrogen-bond acceptors (Lipinski definition) is 8. The number of ether oxygens (including phenoxy) is 2. The van der Waals surface area contributed by atoms with Crippen molar-refractivity contribution in [1.29, 1.82) is 0 Å². The molecule has 0 fully saturated rings. The topological polar surface area (TPSA) is 110 Å². The molecule has 10 nitrogen and oxygen atoms in total. The van der Waals surface area contributed by atoms with E-state index in [-0.39, 0.29) is 11.6 Å². The van der Waals surface area contributed by atoms with Crippen LogP contribution in [-0.2, 0) is 29.4 Å². The molecule has 1 N–H and O–H groups in total. The number of methoxy groups -OCH3 is 2. The second kappa shape index (κ2) is 14.6. The molecule has 0 aliphatic heterocycles. The third-order valence-electron chi connectivity index (χ3n) is 6.89. The zero-order chi connectivity index (χ0) is 30.7. The first-order valence-corrected chi connectivity index (χ1v) is 14.0. The van der Waals surface area contributed by atoms with Crippen LogP contribution in [0.3, 0.4) is 0 Å². The maximum absolute atomic E-state index is 12.5. The van der Waals surface area contributed by atoms with Crippen LogP contribution in [0.5, 0.6) is 17.4 Å². The zero-order valence-electron chi connectivity index (χ0n) is 24.5. The highest BCUT2D eigenvalue weighted by atomic mass is 16.6. The van der Waals surface area contributed by atoms with Gasteiger partial charge in [-0.2, -0.15) is 0 Å². The standard InChI is InChI=1S/C34H33N5O5/c1-42-30-18-17-27(19-31(30)43-2)20-35-44-23-32(40)36-37-33-28-15-9-10-16-29(28)39(34(33)41)24-38(21-25-11-5-3-6-12-25)22-26-13-7-4-8-14-26/h3-20,41H,21-24H2,1-2H3. The average Bonchev–Trinajstić information content (AvgIpc) is 3.32. The van der Waals surface area contributed by atoms with Crippen LogP contribution < -0.4 is 9.47 Å². The Hall–Kier alpha value is -5.48. The van der Waals surface area contributed by atoms with Crippen LogP contribution in [0.15, 0.2) is 119 Å². The normalized spacial score (nSPS) is 11.5. The van der Waals surface area contributed by atoms with E-state index in [9.17, 15) is 9.90 Å². The summed E-state index contributed by atoms with van der Waals surface area (Å²) in [6, 6.07) is 33.1. The summed E-state index contributed by atoms with van der Waals surface area (Å²) in [6.45, 7) is 1.29. The van der Waals surface area contributed by atoms with E-state index in [0.717, 1.165) is 16.6 Å². The van der Waals surface area contributed by atoms with Crippen LogP contribution in [0.4, 0.5) is 5.69 Å². The number of carbonyl (C=O) groups excluding carboxylic acids is 1. The molecular weight excluding hydrogens is 558 g/mol. The Morgan fingerprint density at radius 2 is 1.48 bits per heavy atom. The highest BCUT2D eigenvalue weighted by Crippen LogP contribution is 2.39. The van der Waals surface area contributed by atoms with Gasteiger partial charge in [0, 0.05) is 24.0 Å². The first-order valence-electron chi connectivity index (χ1n) is 14.0. The largest absolute Gasteiger partial charge is 0.493 e. The lowest BCUT2D eigenvalue weighted by molar-refractivity contribution is -0.122. The van der Waals surface area contributed by atoms with Crippen LogP contribution in [0, 0.1) is 0 Å². The average molecular weight is 592 g/mol. The maximum atomic E-state index is 12.5. The minimum absolute atomic E-state index is 0.0822. The number of amides is 1. The quantitative estimate of drug-likeness (QED) is 0.0929. The summed E-state index contributed by atoms with van der Waals surface area (Å²) in [5.74, 6) is 0.399. The smallest absolute Gasteiger partial charge is 0.304 e. The predicted octanol–water partition coefficient (Wildman–Crippen LogP) is 6.69. The van der Waals surface area contributed by atoms with Crippen LogP contribution in [-0.4, -0.2) is 47.5 Å². The molecule has 0 spiro atoms. The van der Waals surface area contributed by atoms with E-state index in [2.05, 4.69) is 44.5 Å². The summed E-state index contributed by atoms with van der Waals surface area (Å²) in [6.07, 6.45) is 1.45. The molecule has 1 heterocycles. The van der Waals surface area contributed by atoms with Gasteiger partial charge in [0.2, 0.25) is 5.88 Å². The van der Waals surface area contributed by atoms with Gasteiger partial charge in [-0.25, -0.2) is 0 Å². The van der Waals surface area contributed by atoms with Crippen molar-refractivity contribution in [2.24, 2.45) is 15.4 Å². The van der Waals surface area contributed by atoms with Gasteiger partial charge in [0.25, 0.3) is 0 Å². The molecular formula is C34H33N5O5. The molecule has 5 aromatic rings. The Morgan fingerprint density at radius 1 is 0.841 bits per heavy atom. The molecule has 0 unspecified atom stereocenters. The number of aromatic nitrogens is 1. The van der Waals surface area contributed by atoms with E-state index >= 15 is 0 Å². The maximum Gasteiger partial charge on any atom is 0.304 e. The molecule has 44 heavy (non-hydrogen) atoms. The van der Waals surface area contributed by atoms with Crippen molar-refractivity contribution in [1.82, 2.24) is 9.47 Å². The number of para-hydroxylation sites is 1. The minimum Gasteiger partial charge on any atom is -0.493 e. The fourth-order valence-corrected chi connectivity index (χ4v) is 4.81. The molecule has 224 valence electrons. The first-order chi connectivity index (χ1) is 21.6. The van der Waals surface area contributed by atoms with Crippen molar-refractivity contribution in [2.75, 3.05) is 20.8 Å². The highest BCUT2D eigenvalue weighted by molar-refractivity contribution is 5.95. The Kier molecular flexibility index (Phi) is 9.96. The number of azo groups is 1. The second-order valence-corrected chi connectivity index (χ2v) is 9.93. The lowest BCUT2D eigenvalue weighted by Gasteiger charge is -2.24. The Labute approximate surface area is 255 Å². The van der Waals surface area contributed by atoms with Crippen molar-refractivity contribution in [3.05, 3.63) is 120 Å². The predicted molar refractivity (Wildman–Crippen MR) is 168 cm³/mol. The Morgan fingerprint density at radius 3 is 2.14 bits per heavy atom. The molecule has 0 bridgehead atoms. The number of rotatable bonds is 13. The summed E-state index contributed by atoms with van der Waals surface area (Å²) >= 11 is 0. The number of carbonyl (C=O) groups is 1. The van der Waals surface area contributed by atoms with Crippen molar-refractivity contribution >= 4 is 28.7 Å². The van der Waals surface area contributed by atoms with Crippen LogP contribution in [0.1, 0.15) is 16.7 Å². The molecule has 1 aromatic heterocycles. The number of oxime groups is 1. The van der Waals surface area contributed by atoms with Gasteiger partial charge >= 0.3 is 5.91 Å². The molecule has 0 aliphatic rings. The lowest BCUT2D eigenvalue weighted by Crippen LogP contribution is -2.25. The number of nitrogens with zero attached hydrogens (tertiary/aromatic N) is 5. The second-order valence-electron chi connectivity index (χ2n) is 9.93. The highest BCUT2D eigenvalue weighted by Gasteiger charge is 2.19. The summed E-state index contributed by atoms with van der Waals surface area (Å²) in [7, 11) is 3.10. The molecule has 0 saturated carbocycles.